The predicted molar refractivity (Wildman–Crippen MR) is 77.8 cm³/mol. The first-order chi connectivity index (χ1) is 9.01. The molecule has 19 heavy (non-hydrogen) atoms. The van der Waals surface area contributed by atoms with E-state index in [0.29, 0.717) is 16.0 Å². The highest BCUT2D eigenvalue weighted by Gasteiger charge is 2.16. The van der Waals surface area contributed by atoms with Crippen molar-refractivity contribution < 1.29 is 4.79 Å². The van der Waals surface area contributed by atoms with Gasteiger partial charge in [0.1, 0.15) is 0 Å². The molecule has 2 aromatic heterocycles. The van der Waals surface area contributed by atoms with E-state index in [-0.39, 0.29) is 16.5 Å². The van der Waals surface area contributed by atoms with E-state index in [1.54, 1.807) is 10.9 Å². The Balaban J connectivity index is 2.23. The van der Waals surface area contributed by atoms with Gasteiger partial charge in [0.25, 0.3) is 5.91 Å². The van der Waals surface area contributed by atoms with Gasteiger partial charge in [0.15, 0.2) is 11.5 Å². The number of halogens is 3. The highest BCUT2D eigenvalue weighted by atomic mass is 79.9. The molecule has 2 rings (SSSR count). The van der Waals surface area contributed by atoms with Crippen molar-refractivity contribution in [3.63, 3.8) is 0 Å². The summed E-state index contributed by atoms with van der Waals surface area (Å²) in [5, 5.41) is 7.39. The average Bonchev–Trinajstić information content (AvgIpc) is 2.74. The third-order valence-electron chi connectivity index (χ3n) is 2.30. The molecule has 8 heteroatoms. The largest absolute Gasteiger partial charge is 0.304 e. The van der Waals surface area contributed by atoms with Gasteiger partial charge in [0.05, 0.1) is 14.5 Å². The van der Waals surface area contributed by atoms with Gasteiger partial charge in [-0.3, -0.25) is 9.48 Å². The number of carbonyl (C=O) groups excluding carboxylic acids is 1. The number of nitrogens with one attached hydrogen (secondary N) is 1. The normalized spacial score (nSPS) is 10.5. The molecule has 1 N–H and O–H groups in total. The van der Waals surface area contributed by atoms with Crippen LogP contribution in [0.25, 0.3) is 0 Å². The molecular formula is C11H9BrCl2N4O. The number of aromatic nitrogens is 3. The second kappa shape index (κ2) is 5.90. The standard InChI is InChI=1S/C11H9BrCl2N4O/c1-2-18-5-7(12)9(17-18)11(19)16-10-8(14)3-6(13)4-15-10/h3-5H,2H2,1H3,(H,15,16,19). The second-order valence-corrected chi connectivity index (χ2v) is 5.32. The number of anilines is 1. The summed E-state index contributed by atoms with van der Waals surface area (Å²) in [4.78, 5) is 16.0. The predicted octanol–water partition coefficient (Wildman–Crippen LogP) is 3.62. The lowest BCUT2D eigenvalue weighted by Crippen LogP contribution is -2.15. The third kappa shape index (κ3) is 3.26. The molecule has 0 fully saturated rings. The van der Waals surface area contributed by atoms with Gasteiger partial charge < -0.3 is 5.32 Å². The molecule has 0 saturated carbocycles. The molecule has 0 unspecified atom stereocenters. The highest BCUT2D eigenvalue weighted by Crippen LogP contribution is 2.24. The molecule has 0 aliphatic carbocycles. The summed E-state index contributed by atoms with van der Waals surface area (Å²) in [5.41, 5.74) is 0.273. The molecule has 0 atom stereocenters. The summed E-state index contributed by atoms with van der Waals surface area (Å²) in [6.45, 7) is 2.60. The lowest BCUT2D eigenvalue weighted by molar-refractivity contribution is 0.102. The molecule has 0 radical (unpaired) electrons. The first-order valence-electron chi connectivity index (χ1n) is 5.36. The van der Waals surface area contributed by atoms with E-state index in [4.69, 9.17) is 23.2 Å². The number of hydrogen-bond donors (Lipinski definition) is 1. The lowest BCUT2D eigenvalue weighted by atomic mass is 10.4. The maximum atomic E-state index is 12.1. The fraction of sp³-hybridized carbons (Fsp3) is 0.182. The SMILES string of the molecule is CCn1cc(Br)c(C(=O)Nc2ncc(Cl)cc2Cl)n1. The number of nitrogens with zero attached hydrogens (tertiary/aromatic N) is 3. The van der Waals surface area contributed by atoms with E-state index >= 15 is 0 Å². The van der Waals surface area contributed by atoms with Crippen molar-refractivity contribution in [1.29, 1.82) is 0 Å². The van der Waals surface area contributed by atoms with Crippen LogP contribution in [0.3, 0.4) is 0 Å². The van der Waals surface area contributed by atoms with E-state index in [2.05, 4.69) is 31.3 Å². The van der Waals surface area contributed by atoms with Crippen molar-refractivity contribution in [2.45, 2.75) is 13.5 Å². The number of pyridine rings is 1. The van der Waals surface area contributed by atoms with Crippen LogP contribution in [-0.2, 0) is 6.54 Å². The summed E-state index contributed by atoms with van der Waals surface area (Å²) >= 11 is 15.0. The molecule has 0 aliphatic heterocycles. The first-order valence-corrected chi connectivity index (χ1v) is 6.91. The first kappa shape index (κ1) is 14.3. The van der Waals surface area contributed by atoms with E-state index in [1.807, 2.05) is 6.92 Å². The highest BCUT2D eigenvalue weighted by molar-refractivity contribution is 9.10. The zero-order valence-corrected chi connectivity index (χ0v) is 12.9. The van der Waals surface area contributed by atoms with Crippen molar-refractivity contribution in [2.24, 2.45) is 0 Å². The fourth-order valence-electron chi connectivity index (χ4n) is 1.39. The monoisotopic (exact) mass is 362 g/mol. The maximum absolute atomic E-state index is 12.1. The van der Waals surface area contributed by atoms with Crippen LogP contribution in [0.5, 0.6) is 0 Å². The topological polar surface area (TPSA) is 59.8 Å². The average molecular weight is 364 g/mol. The smallest absolute Gasteiger partial charge is 0.278 e. The van der Waals surface area contributed by atoms with Gasteiger partial charge in [-0.15, -0.1) is 0 Å². The van der Waals surface area contributed by atoms with E-state index in [1.165, 1.54) is 12.3 Å². The van der Waals surface area contributed by atoms with Gasteiger partial charge in [-0.1, -0.05) is 23.2 Å². The summed E-state index contributed by atoms with van der Waals surface area (Å²) in [6.07, 6.45) is 3.13. The van der Waals surface area contributed by atoms with Crippen molar-refractivity contribution in [1.82, 2.24) is 14.8 Å². The van der Waals surface area contributed by atoms with E-state index in [9.17, 15) is 4.79 Å². The van der Waals surface area contributed by atoms with Crippen molar-refractivity contribution in [3.05, 3.63) is 38.7 Å². The zero-order valence-electron chi connectivity index (χ0n) is 9.82. The number of hydrogen-bond acceptors (Lipinski definition) is 3. The molecule has 0 aliphatic rings. The Morgan fingerprint density at radius 1 is 1.53 bits per heavy atom. The molecule has 100 valence electrons. The van der Waals surface area contributed by atoms with Gasteiger partial charge in [0.2, 0.25) is 0 Å². The van der Waals surface area contributed by atoms with Gasteiger partial charge in [-0.2, -0.15) is 5.10 Å². The minimum atomic E-state index is -0.393. The van der Waals surface area contributed by atoms with Crippen LogP contribution in [0.15, 0.2) is 22.9 Å². The molecule has 5 nitrogen and oxygen atoms in total. The minimum Gasteiger partial charge on any atom is -0.304 e. The van der Waals surface area contributed by atoms with Crippen molar-refractivity contribution in [3.8, 4) is 0 Å². The molecule has 1 amide bonds. The van der Waals surface area contributed by atoms with Crippen LogP contribution in [0.4, 0.5) is 5.82 Å². The lowest BCUT2D eigenvalue weighted by Gasteiger charge is -2.04. The molecule has 0 saturated heterocycles. The van der Waals surface area contributed by atoms with Crippen LogP contribution in [-0.4, -0.2) is 20.7 Å². The number of amides is 1. The summed E-state index contributed by atoms with van der Waals surface area (Å²) in [7, 11) is 0. The molecular weight excluding hydrogens is 355 g/mol. The Morgan fingerprint density at radius 2 is 2.26 bits per heavy atom. The van der Waals surface area contributed by atoms with Crippen LogP contribution in [0.1, 0.15) is 17.4 Å². The zero-order chi connectivity index (χ0) is 14.0. The molecule has 2 aromatic rings. The fourth-order valence-corrected chi connectivity index (χ4v) is 2.31. The second-order valence-electron chi connectivity index (χ2n) is 3.62. The summed E-state index contributed by atoms with van der Waals surface area (Å²) in [5.74, 6) is -0.148. The molecule has 0 aromatic carbocycles. The van der Waals surface area contributed by atoms with Crippen LogP contribution in [0.2, 0.25) is 10.0 Å². The van der Waals surface area contributed by atoms with Crippen molar-refractivity contribution >= 4 is 50.9 Å². The Kier molecular flexibility index (Phi) is 4.44. The minimum absolute atomic E-state index is 0.244. The van der Waals surface area contributed by atoms with Gasteiger partial charge in [0, 0.05) is 18.9 Å². The third-order valence-corrected chi connectivity index (χ3v) is 3.37. The Hall–Kier alpha value is -1.11. The van der Waals surface area contributed by atoms with E-state index in [0.717, 1.165) is 0 Å². The van der Waals surface area contributed by atoms with Crippen molar-refractivity contribution in [2.75, 3.05) is 5.32 Å². The Morgan fingerprint density at radius 3 is 2.84 bits per heavy atom. The van der Waals surface area contributed by atoms with Crippen LogP contribution in [0, 0.1) is 0 Å². The molecule has 0 bridgehead atoms. The number of rotatable bonds is 3. The van der Waals surface area contributed by atoms with E-state index < -0.39 is 5.91 Å². The molecule has 2 heterocycles. The quantitative estimate of drug-likeness (QED) is 0.905. The van der Waals surface area contributed by atoms with Gasteiger partial charge in [-0.05, 0) is 28.9 Å². The summed E-state index contributed by atoms with van der Waals surface area (Å²) < 4.78 is 2.26. The Labute approximate surface area is 128 Å². The molecule has 0 spiro atoms. The van der Waals surface area contributed by atoms with Crippen LogP contribution < -0.4 is 5.32 Å². The maximum Gasteiger partial charge on any atom is 0.278 e. The number of carbonyl (C=O) groups is 1. The summed E-state index contributed by atoms with van der Waals surface area (Å²) in [6, 6.07) is 1.51. The van der Waals surface area contributed by atoms with Crippen LogP contribution >= 0.6 is 39.1 Å². The van der Waals surface area contributed by atoms with Gasteiger partial charge in [-0.25, -0.2) is 4.98 Å². The van der Waals surface area contributed by atoms with Gasteiger partial charge >= 0.3 is 0 Å². The Bertz CT molecular complexity index is 629. The number of aryl methyl sites for hydroxylation is 1.